The van der Waals surface area contributed by atoms with E-state index in [1.807, 2.05) is 0 Å². The summed E-state index contributed by atoms with van der Waals surface area (Å²) in [5.74, 6) is 1.03. The Labute approximate surface area is 132 Å². The maximum atomic E-state index is 5.70. The van der Waals surface area contributed by atoms with Gasteiger partial charge < -0.3 is 10.1 Å². The van der Waals surface area contributed by atoms with Gasteiger partial charge in [0.15, 0.2) is 0 Å². The van der Waals surface area contributed by atoms with Gasteiger partial charge in [0.2, 0.25) is 0 Å². The highest BCUT2D eigenvalue weighted by Gasteiger charge is 2.18. The second-order valence-corrected chi connectivity index (χ2v) is 6.25. The van der Waals surface area contributed by atoms with Crippen molar-refractivity contribution in [3.8, 4) is 5.75 Å². The van der Waals surface area contributed by atoms with Crippen LogP contribution in [0.15, 0.2) is 29.0 Å². The van der Waals surface area contributed by atoms with E-state index in [0.29, 0.717) is 6.04 Å². The van der Waals surface area contributed by atoms with Crippen molar-refractivity contribution < 1.29 is 4.74 Å². The number of methoxy groups -OCH3 is 1. The highest BCUT2D eigenvalue weighted by atomic mass is 32.1. The fourth-order valence-electron chi connectivity index (χ4n) is 2.61. The molecule has 1 unspecified atom stereocenters. The van der Waals surface area contributed by atoms with Crippen molar-refractivity contribution in [2.24, 2.45) is 0 Å². The molecule has 2 aromatic rings. The molecule has 21 heavy (non-hydrogen) atoms. The zero-order valence-corrected chi connectivity index (χ0v) is 14.2. The molecule has 2 rings (SSSR count). The van der Waals surface area contributed by atoms with Crippen molar-refractivity contribution in [2.45, 2.75) is 39.7 Å². The van der Waals surface area contributed by atoms with Crippen molar-refractivity contribution in [2.75, 3.05) is 13.7 Å². The number of benzene rings is 1. The van der Waals surface area contributed by atoms with Gasteiger partial charge in [-0.3, -0.25) is 0 Å². The Balaban J connectivity index is 2.33. The van der Waals surface area contributed by atoms with Crippen molar-refractivity contribution in [1.82, 2.24) is 5.32 Å². The van der Waals surface area contributed by atoms with Crippen LogP contribution < -0.4 is 10.1 Å². The highest BCUT2D eigenvalue weighted by Crippen LogP contribution is 2.32. The molecule has 1 aromatic heterocycles. The first-order chi connectivity index (χ1) is 10.2. The van der Waals surface area contributed by atoms with Gasteiger partial charge in [0.1, 0.15) is 5.75 Å². The molecule has 0 aliphatic carbocycles. The van der Waals surface area contributed by atoms with Crippen LogP contribution in [-0.2, 0) is 6.42 Å². The van der Waals surface area contributed by atoms with Gasteiger partial charge in [-0.25, -0.2) is 0 Å². The van der Waals surface area contributed by atoms with E-state index in [9.17, 15) is 0 Å². The number of thiophene rings is 1. The first-order valence-electron chi connectivity index (χ1n) is 7.55. The van der Waals surface area contributed by atoms with Crippen LogP contribution in [0.2, 0.25) is 0 Å². The zero-order valence-electron chi connectivity index (χ0n) is 13.4. The summed E-state index contributed by atoms with van der Waals surface area (Å²) in [6.07, 6.45) is 2.13. The van der Waals surface area contributed by atoms with Gasteiger partial charge in [-0.1, -0.05) is 19.1 Å². The Morgan fingerprint density at radius 2 is 2.05 bits per heavy atom. The van der Waals surface area contributed by atoms with Crippen LogP contribution in [0.4, 0.5) is 0 Å². The quantitative estimate of drug-likeness (QED) is 0.803. The molecule has 1 heterocycles. The van der Waals surface area contributed by atoms with Crippen LogP contribution in [0.5, 0.6) is 5.75 Å². The summed E-state index contributed by atoms with van der Waals surface area (Å²) in [5, 5.41) is 8.04. The largest absolute Gasteiger partial charge is 0.496 e. The van der Waals surface area contributed by atoms with Gasteiger partial charge in [0.25, 0.3) is 0 Å². The summed E-state index contributed by atoms with van der Waals surface area (Å²) in [6.45, 7) is 7.49. The number of rotatable bonds is 7. The SMILES string of the molecule is CCCNC(Cc1ccsc1)c1ccc(C)c(C)c1OC. The molecule has 0 spiro atoms. The molecule has 1 aromatic carbocycles. The molecule has 0 aliphatic heterocycles. The molecule has 0 saturated heterocycles. The fourth-order valence-corrected chi connectivity index (χ4v) is 3.29. The molecule has 0 fully saturated rings. The van der Waals surface area contributed by atoms with E-state index in [-0.39, 0.29) is 0 Å². The number of hydrogen-bond acceptors (Lipinski definition) is 3. The molecule has 0 radical (unpaired) electrons. The number of hydrogen-bond donors (Lipinski definition) is 1. The standard InChI is InChI=1S/C18H25NOS/c1-5-9-19-17(11-15-8-10-21-12-15)16-7-6-13(2)14(3)18(16)20-4/h6-8,10,12,17,19H,5,9,11H2,1-4H3. The lowest BCUT2D eigenvalue weighted by Gasteiger charge is -2.23. The predicted molar refractivity (Wildman–Crippen MR) is 91.5 cm³/mol. The van der Waals surface area contributed by atoms with E-state index in [4.69, 9.17) is 4.74 Å². The predicted octanol–water partition coefficient (Wildman–Crippen LogP) is 4.66. The molecule has 114 valence electrons. The fraction of sp³-hybridized carbons (Fsp3) is 0.444. The van der Waals surface area contributed by atoms with E-state index in [1.165, 1.54) is 22.3 Å². The van der Waals surface area contributed by atoms with E-state index in [2.05, 4.69) is 55.0 Å². The summed E-state index contributed by atoms with van der Waals surface area (Å²) in [7, 11) is 1.77. The lowest BCUT2D eigenvalue weighted by Crippen LogP contribution is -2.24. The van der Waals surface area contributed by atoms with Gasteiger partial charge in [0.05, 0.1) is 7.11 Å². The topological polar surface area (TPSA) is 21.3 Å². The Bertz CT molecular complexity index is 563. The third-order valence-electron chi connectivity index (χ3n) is 3.95. The first kappa shape index (κ1) is 16.1. The number of aryl methyl sites for hydroxylation is 1. The summed E-state index contributed by atoms with van der Waals surface area (Å²) >= 11 is 1.76. The minimum Gasteiger partial charge on any atom is -0.496 e. The Hall–Kier alpha value is -1.32. The summed E-state index contributed by atoms with van der Waals surface area (Å²) < 4.78 is 5.70. The smallest absolute Gasteiger partial charge is 0.126 e. The normalized spacial score (nSPS) is 12.4. The minimum absolute atomic E-state index is 0.300. The van der Waals surface area contributed by atoms with Crippen LogP contribution >= 0.6 is 11.3 Å². The van der Waals surface area contributed by atoms with Crippen molar-refractivity contribution >= 4 is 11.3 Å². The lowest BCUT2D eigenvalue weighted by atomic mass is 9.95. The van der Waals surface area contributed by atoms with Crippen LogP contribution in [0.25, 0.3) is 0 Å². The Morgan fingerprint density at radius 3 is 2.67 bits per heavy atom. The van der Waals surface area contributed by atoms with Gasteiger partial charge >= 0.3 is 0 Å². The molecule has 0 bridgehead atoms. The van der Waals surface area contributed by atoms with Gasteiger partial charge in [0, 0.05) is 11.6 Å². The van der Waals surface area contributed by atoms with Crippen LogP contribution in [0, 0.1) is 13.8 Å². The average Bonchev–Trinajstić information content (AvgIpc) is 2.99. The zero-order chi connectivity index (χ0) is 15.2. The second-order valence-electron chi connectivity index (χ2n) is 5.47. The monoisotopic (exact) mass is 303 g/mol. The third-order valence-corrected chi connectivity index (χ3v) is 4.68. The Morgan fingerprint density at radius 1 is 1.24 bits per heavy atom. The molecular formula is C18H25NOS. The van der Waals surface area contributed by atoms with E-state index >= 15 is 0 Å². The third kappa shape index (κ3) is 3.86. The molecule has 0 saturated carbocycles. The molecular weight excluding hydrogens is 278 g/mol. The molecule has 2 nitrogen and oxygen atoms in total. The van der Waals surface area contributed by atoms with Crippen molar-refractivity contribution in [3.63, 3.8) is 0 Å². The number of nitrogens with one attached hydrogen (secondary N) is 1. The van der Waals surface area contributed by atoms with E-state index in [0.717, 1.165) is 25.1 Å². The van der Waals surface area contributed by atoms with Gasteiger partial charge in [-0.05, 0) is 66.8 Å². The highest BCUT2D eigenvalue weighted by molar-refractivity contribution is 7.07. The summed E-state index contributed by atoms with van der Waals surface area (Å²) in [6, 6.07) is 6.91. The van der Waals surface area contributed by atoms with Crippen LogP contribution in [0.1, 0.15) is 41.6 Å². The molecule has 1 N–H and O–H groups in total. The molecule has 3 heteroatoms. The molecule has 1 atom stereocenters. The first-order valence-corrected chi connectivity index (χ1v) is 8.50. The number of ether oxygens (including phenoxy) is 1. The average molecular weight is 303 g/mol. The maximum absolute atomic E-state index is 5.70. The van der Waals surface area contributed by atoms with Crippen molar-refractivity contribution in [1.29, 1.82) is 0 Å². The second kappa shape index (κ2) is 7.62. The summed E-state index contributed by atoms with van der Waals surface area (Å²) in [5.41, 5.74) is 5.16. The Kier molecular flexibility index (Phi) is 5.83. The molecule has 0 aliphatic rings. The van der Waals surface area contributed by atoms with Gasteiger partial charge in [-0.15, -0.1) is 0 Å². The van der Waals surface area contributed by atoms with E-state index < -0.39 is 0 Å². The minimum atomic E-state index is 0.300. The lowest BCUT2D eigenvalue weighted by molar-refractivity contribution is 0.394. The van der Waals surface area contributed by atoms with Crippen LogP contribution in [-0.4, -0.2) is 13.7 Å². The van der Waals surface area contributed by atoms with Crippen molar-refractivity contribution in [3.05, 3.63) is 51.2 Å². The summed E-state index contributed by atoms with van der Waals surface area (Å²) in [4.78, 5) is 0. The van der Waals surface area contributed by atoms with Crippen LogP contribution in [0.3, 0.4) is 0 Å². The molecule has 0 amide bonds. The maximum Gasteiger partial charge on any atom is 0.126 e. The van der Waals surface area contributed by atoms with E-state index in [1.54, 1.807) is 18.4 Å². The van der Waals surface area contributed by atoms with Gasteiger partial charge in [-0.2, -0.15) is 11.3 Å².